The second-order valence-corrected chi connectivity index (χ2v) is 3.73. The van der Waals surface area contributed by atoms with Crippen molar-refractivity contribution >= 4 is 0 Å². The number of oxazole rings is 1. The van der Waals surface area contributed by atoms with Gasteiger partial charge in [-0.1, -0.05) is 6.92 Å². The van der Waals surface area contributed by atoms with Crippen LogP contribution >= 0.6 is 0 Å². The van der Waals surface area contributed by atoms with Crippen LogP contribution in [0.4, 0.5) is 0 Å². The maximum Gasteiger partial charge on any atom is 0.200 e. The van der Waals surface area contributed by atoms with E-state index in [1.165, 1.54) is 12.8 Å². The summed E-state index contributed by atoms with van der Waals surface area (Å²) < 4.78 is 5.56. The summed E-state index contributed by atoms with van der Waals surface area (Å²) in [6, 6.07) is 0. The van der Waals surface area contributed by atoms with Crippen LogP contribution in [0.5, 0.6) is 0 Å². The van der Waals surface area contributed by atoms with Crippen LogP contribution in [-0.2, 0) is 11.8 Å². The van der Waals surface area contributed by atoms with Crippen molar-refractivity contribution in [1.29, 1.82) is 0 Å². The summed E-state index contributed by atoms with van der Waals surface area (Å²) >= 11 is 0. The van der Waals surface area contributed by atoms with Crippen molar-refractivity contribution in [3.05, 3.63) is 17.8 Å². The molecule has 1 aliphatic rings. The molecule has 1 aromatic heterocycles. The first-order valence-electron chi connectivity index (χ1n) is 4.40. The predicted octanol–water partition coefficient (Wildman–Crippen LogP) is 1.23. The first-order valence-corrected chi connectivity index (χ1v) is 4.40. The highest BCUT2D eigenvalue weighted by atomic mass is 16.4. The van der Waals surface area contributed by atoms with Gasteiger partial charge in [0.15, 0.2) is 5.89 Å². The van der Waals surface area contributed by atoms with Gasteiger partial charge < -0.3 is 10.2 Å². The summed E-state index contributed by atoms with van der Waals surface area (Å²) in [4.78, 5) is 4.25. The van der Waals surface area contributed by atoms with Gasteiger partial charge in [-0.3, -0.25) is 0 Å². The zero-order chi connectivity index (χ0) is 8.60. The van der Waals surface area contributed by atoms with Crippen LogP contribution < -0.4 is 5.73 Å². The molecule has 0 amide bonds. The molecule has 12 heavy (non-hydrogen) atoms. The normalized spacial score (nSPS) is 19.5. The average molecular weight is 166 g/mol. The summed E-state index contributed by atoms with van der Waals surface area (Å²) in [6.45, 7) is 2.82. The number of hydrogen-bond acceptors (Lipinski definition) is 3. The number of rotatable bonds is 3. The molecule has 0 atom stereocenters. The fourth-order valence-corrected chi connectivity index (χ4v) is 1.25. The first kappa shape index (κ1) is 7.80. The lowest BCUT2D eigenvalue weighted by Crippen LogP contribution is -2.02. The van der Waals surface area contributed by atoms with Crippen LogP contribution in [0, 0.1) is 0 Å². The Morgan fingerprint density at radius 3 is 3.00 bits per heavy atom. The minimum Gasteiger partial charge on any atom is -0.445 e. The topological polar surface area (TPSA) is 52.0 Å². The quantitative estimate of drug-likeness (QED) is 0.734. The van der Waals surface area contributed by atoms with E-state index in [9.17, 15) is 0 Å². The van der Waals surface area contributed by atoms with Crippen molar-refractivity contribution in [2.24, 2.45) is 5.73 Å². The van der Waals surface area contributed by atoms with Crippen LogP contribution in [0.25, 0.3) is 0 Å². The van der Waals surface area contributed by atoms with E-state index in [0.717, 1.165) is 18.1 Å². The van der Waals surface area contributed by atoms with E-state index < -0.39 is 0 Å². The van der Waals surface area contributed by atoms with E-state index in [1.54, 1.807) is 6.20 Å². The van der Waals surface area contributed by atoms with Gasteiger partial charge in [-0.05, 0) is 19.4 Å². The van der Waals surface area contributed by atoms with E-state index >= 15 is 0 Å². The second-order valence-electron chi connectivity index (χ2n) is 3.73. The lowest BCUT2D eigenvalue weighted by Gasteiger charge is -1.99. The number of aromatic nitrogens is 1. The number of nitrogens with zero attached hydrogens (tertiary/aromatic N) is 1. The Morgan fingerprint density at radius 1 is 1.67 bits per heavy atom. The van der Waals surface area contributed by atoms with E-state index in [-0.39, 0.29) is 5.41 Å². The Morgan fingerprint density at radius 2 is 2.42 bits per heavy atom. The average Bonchev–Trinajstić information content (AvgIpc) is 2.64. The first-order chi connectivity index (χ1) is 5.74. The highest BCUT2D eigenvalue weighted by molar-refractivity contribution is 5.14. The molecular formula is C9H14N2O. The van der Waals surface area contributed by atoms with Gasteiger partial charge in [0.2, 0.25) is 0 Å². The van der Waals surface area contributed by atoms with Crippen molar-refractivity contribution in [1.82, 2.24) is 4.98 Å². The summed E-state index contributed by atoms with van der Waals surface area (Å²) in [5, 5.41) is 0. The third-order valence-corrected chi connectivity index (χ3v) is 2.46. The lowest BCUT2D eigenvalue weighted by molar-refractivity contribution is 0.420. The molecule has 1 saturated carbocycles. The molecule has 1 aromatic rings. The highest BCUT2D eigenvalue weighted by Crippen LogP contribution is 2.46. The van der Waals surface area contributed by atoms with Gasteiger partial charge in [0.05, 0.1) is 6.20 Å². The highest BCUT2D eigenvalue weighted by Gasteiger charge is 2.43. The molecule has 2 N–H and O–H groups in total. The maximum absolute atomic E-state index is 5.56. The Kier molecular flexibility index (Phi) is 1.68. The van der Waals surface area contributed by atoms with Gasteiger partial charge >= 0.3 is 0 Å². The molecule has 0 aromatic carbocycles. The van der Waals surface area contributed by atoms with Crippen molar-refractivity contribution in [3.8, 4) is 0 Å². The SMILES string of the molecule is CC1(c2ncc(CCN)o2)CC1. The molecule has 2 rings (SSSR count). The Hall–Kier alpha value is -0.830. The smallest absolute Gasteiger partial charge is 0.200 e. The molecule has 0 spiro atoms. The van der Waals surface area contributed by atoms with Gasteiger partial charge in [0.1, 0.15) is 5.76 Å². The van der Waals surface area contributed by atoms with Crippen molar-refractivity contribution in [3.63, 3.8) is 0 Å². The van der Waals surface area contributed by atoms with Crippen LogP contribution in [0.3, 0.4) is 0 Å². The number of hydrogen-bond donors (Lipinski definition) is 1. The predicted molar refractivity (Wildman–Crippen MR) is 45.8 cm³/mol. The summed E-state index contributed by atoms with van der Waals surface area (Å²) in [5.41, 5.74) is 5.65. The largest absolute Gasteiger partial charge is 0.445 e. The summed E-state index contributed by atoms with van der Waals surface area (Å²) in [6.07, 6.45) is 5.00. The minimum atomic E-state index is 0.243. The van der Waals surface area contributed by atoms with Gasteiger partial charge in [0.25, 0.3) is 0 Å². The number of nitrogens with two attached hydrogens (primary N) is 1. The van der Waals surface area contributed by atoms with Crippen LogP contribution in [-0.4, -0.2) is 11.5 Å². The molecule has 1 heterocycles. The van der Waals surface area contributed by atoms with E-state index in [0.29, 0.717) is 6.54 Å². The standard InChI is InChI=1S/C9H14N2O/c1-9(3-4-9)8-11-6-7(12-8)2-5-10/h6H,2-5,10H2,1H3. The monoisotopic (exact) mass is 166 g/mol. The molecule has 0 radical (unpaired) electrons. The summed E-state index contributed by atoms with van der Waals surface area (Å²) in [5.74, 6) is 1.81. The fourth-order valence-electron chi connectivity index (χ4n) is 1.25. The van der Waals surface area contributed by atoms with Crippen LogP contribution in [0.1, 0.15) is 31.4 Å². The molecule has 1 aliphatic carbocycles. The molecule has 3 heteroatoms. The molecule has 0 bridgehead atoms. The Bertz CT molecular complexity index is 276. The van der Waals surface area contributed by atoms with Gasteiger partial charge in [-0.25, -0.2) is 4.98 Å². The van der Waals surface area contributed by atoms with Crippen molar-refractivity contribution in [2.75, 3.05) is 6.54 Å². The molecule has 3 nitrogen and oxygen atoms in total. The minimum absolute atomic E-state index is 0.243. The zero-order valence-corrected chi connectivity index (χ0v) is 7.34. The third kappa shape index (κ3) is 1.25. The second kappa shape index (κ2) is 2.59. The van der Waals surface area contributed by atoms with Crippen molar-refractivity contribution < 1.29 is 4.42 Å². The van der Waals surface area contributed by atoms with E-state index in [4.69, 9.17) is 10.2 Å². The zero-order valence-electron chi connectivity index (χ0n) is 7.34. The van der Waals surface area contributed by atoms with Gasteiger partial charge in [-0.15, -0.1) is 0 Å². The maximum atomic E-state index is 5.56. The Balaban J connectivity index is 2.13. The van der Waals surface area contributed by atoms with Crippen molar-refractivity contribution in [2.45, 2.75) is 31.6 Å². The Labute approximate surface area is 72.0 Å². The fraction of sp³-hybridized carbons (Fsp3) is 0.667. The molecule has 66 valence electrons. The molecule has 0 saturated heterocycles. The molecular weight excluding hydrogens is 152 g/mol. The van der Waals surface area contributed by atoms with E-state index in [2.05, 4.69) is 11.9 Å². The third-order valence-electron chi connectivity index (χ3n) is 2.46. The lowest BCUT2D eigenvalue weighted by atomic mass is 10.1. The van der Waals surface area contributed by atoms with Gasteiger partial charge in [0, 0.05) is 11.8 Å². The van der Waals surface area contributed by atoms with Crippen LogP contribution in [0.15, 0.2) is 10.6 Å². The molecule has 1 fully saturated rings. The van der Waals surface area contributed by atoms with E-state index in [1.807, 2.05) is 0 Å². The molecule has 0 aliphatic heterocycles. The molecule has 0 unspecified atom stereocenters. The summed E-state index contributed by atoms with van der Waals surface area (Å²) in [7, 11) is 0. The van der Waals surface area contributed by atoms with Gasteiger partial charge in [-0.2, -0.15) is 0 Å². The van der Waals surface area contributed by atoms with Crippen LogP contribution in [0.2, 0.25) is 0 Å².